The molecule has 0 radical (unpaired) electrons. The number of hydrogen-bond acceptors (Lipinski definition) is 4. The van der Waals surface area contributed by atoms with Crippen molar-refractivity contribution >= 4 is 79.5 Å². The van der Waals surface area contributed by atoms with Gasteiger partial charge in [-0.1, -0.05) is 185 Å². The quantitative estimate of drug-likeness (QED) is 0.160. The molecule has 4 aliphatic rings. The molecule has 3 aliphatic heterocycles. The van der Waals surface area contributed by atoms with E-state index in [1.807, 2.05) is 0 Å². The molecule has 4 heterocycles. The summed E-state index contributed by atoms with van der Waals surface area (Å²) in [6.07, 6.45) is 4.71. The van der Waals surface area contributed by atoms with Crippen molar-refractivity contribution in [1.29, 1.82) is 0 Å². The van der Waals surface area contributed by atoms with E-state index in [0.29, 0.717) is 0 Å². The molecule has 1 fully saturated rings. The van der Waals surface area contributed by atoms with Gasteiger partial charge in [0.15, 0.2) is 0 Å². The Morgan fingerprint density at radius 1 is 0.521 bits per heavy atom. The Balaban J connectivity index is 1.20. The summed E-state index contributed by atoms with van der Waals surface area (Å²) in [6, 6.07) is 62.6. The predicted octanol–water partition coefficient (Wildman–Crippen LogP) is 17.6. The van der Waals surface area contributed by atoms with Crippen LogP contribution in [-0.2, 0) is 21.7 Å². The molecule has 5 heteroatoms. The Morgan fingerprint density at radius 3 is 1.81 bits per heavy atom. The molecule has 1 aromatic heterocycles. The maximum absolute atomic E-state index is 6.88. The molecule has 73 heavy (non-hydrogen) atoms. The maximum atomic E-state index is 6.88. The third kappa shape index (κ3) is 6.72. The lowest BCUT2D eigenvalue weighted by Crippen LogP contribution is -2.64. The molecule has 1 aliphatic carbocycles. The minimum atomic E-state index is -0.175. The molecule has 0 spiro atoms. The third-order valence-corrected chi connectivity index (χ3v) is 17.8. The van der Waals surface area contributed by atoms with E-state index in [1.54, 1.807) is 0 Å². The topological polar surface area (TPSA) is 22.9 Å². The van der Waals surface area contributed by atoms with E-state index in [9.17, 15) is 0 Å². The minimum Gasteiger partial charge on any atom is -0.456 e. The first-order valence-corrected chi connectivity index (χ1v) is 26.9. The van der Waals surface area contributed by atoms with Crippen molar-refractivity contribution in [3.63, 3.8) is 0 Å². The highest BCUT2D eigenvalue weighted by Crippen LogP contribution is 2.63. The first kappa shape index (κ1) is 45.9. The monoisotopic (exact) mass is 954 g/mol. The number of rotatable bonds is 5. The van der Waals surface area contributed by atoms with E-state index >= 15 is 0 Å². The fourth-order valence-corrected chi connectivity index (χ4v) is 13.6. The van der Waals surface area contributed by atoms with E-state index in [0.717, 1.165) is 51.8 Å². The van der Waals surface area contributed by atoms with Crippen molar-refractivity contribution in [1.82, 2.24) is 0 Å². The van der Waals surface area contributed by atoms with Crippen LogP contribution in [-0.4, -0.2) is 12.4 Å². The molecule has 13 rings (SSSR count). The average molecular weight is 954 g/mol. The Kier molecular flexibility index (Phi) is 9.90. The molecule has 1 saturated carbocycles. The summed E-state index contributed by atoms with van der Waals surface area (Å²) in [5.74, 6) is 0. The number of hydrogen-bond donors (Lipinski definition) is 0. The lowest BCUT2D eigenvalue weighted by atomic mass is 9.43. The highest BCUT2D eigenvalue weighted by molar-refractivity contribution is 6.94. The minimum absolute atomic E-state index is 0.0198. The van der Waals surface area contributed by atoms with Crippen molar-refractivity contribution in [3.8, 4) is 22.3 Å². The highest BCUT2D eigenvalue weighted by Gasteiger charge is 2.62. The van der Waals surface area contributed by atoms with Crippen molar-refractivity contribution in [3.05, 3.63) is 186 Å². The van der Waals surface area contributed by atoms with E-state index in [-0.39, 0.29) is 34.0 Å². The van der Waals surface area contributed by atoms with E-state index < -0.39 is 0 Å². The summed E-state index contributed by atoms with van der Waals surface area (Å²) < 4.78 is 6.88. The van der Waals surface area contributed by atoms with Gasteiger partial charge in [0.2, 0.25) is 0 Å². The molecule has 8 aromatic carbocycles. The smallest absolute Gasteiger partial charge is 0.333 e. The van der Waals surface area contributed by atoms with Crippen LogP contribution in [0, 0.1) is 0 Å². The lowest BCUT2D eigenvalue weighted by molar-refractivity contribution is 0.195. The standard InChI is InChI=1S/C68H68BN3O/c1-64(2,3)44-27-31-47(32-28-44)70(48-33-29-45(30-34-48)65(4,5)6)49-41-52-60-56(35-36-59-61(60)51-24-16-18-26-58(51)73-59)72(55-25-17-15-23-50(55)43-21-13-12-14-22-43)69-54-40-46(66(7,8)9)39-53-63(54)71(57(42-49)62(52)69)68(11)38-20-19-37-67(53,68)10/h12-18,21-36,39-42H,19-20,37-38H2,1-11H3. The average Bonchev–Trinajstić information content (AvgIpc) is 3.89. The van der Waals surface area contributed by atoms with E-state index in [2.05, 4.69) is 255 Å². The van der Waals surface area contributed by atoms with Crippen LogP contribution in [0.4, 0.5) is 39.8 Å². The van der Waals surface area contributed by atoms with Gasteiger partial charge in [-0.2, -0.15) is 0 Å². The molecule has 4 nitrogen and oxygen atoms in total. The van der Waals surface area contributed by atoms with Crippen molar-refractivity contribution in [2.45, 2.75) is 129 Å². The Hall–Kier alpha value is -6.98. The van der Waals surface area contributed by atoms with Gasteiger partial charge in [0.1, 0.15) is 11.2 Å². The van der Waals surface area contributed by atoms with Gasteiger partial charge in [-0.3, -0.25) is 0 Å². The first-order chi connectivity index (χ1) is 34.8. The van der Waals surface area contributed by atoms with Crippen LogP contribution in [0.3, 0.4) is 0 Å². The third-order valence-electron chi connectivity index (χ3n) is 17.8. The second-order valence-corrected chi connectivity index (χ2v) is 25.3. The van der Waals surface area contributed by atoms with Gasteiger partial charge in [-0.05, 0) is 141 Å². The van der Waals surface area contributed by atoms with Crippen LogP contribution in [0.1, 0.15) is 124 Å². The number of furan rings is 1. The summed E-state index contributed by atoms with van der Waals surface area (Å²) in [5.41, 5.74) is 23.3. The summed E-state index contributed by atoms with van der Waals surface area (Å²) >= 11 is 0. The molecule has 2 atom stereocenters. The second kappa shape index (κ2) is 15.8. The van der Waals surface area contributed by atoms with Gasteiger partial charge in [-0.15, -0.1) is 0 Å². The number of anilines is 7. The zero-order chi connectivity index (χ0) is 50.6. The first-order valence-electron chi connectivity index (χ1n) is 26.9. The van der Waals surface area contributed by atoms with Crippen molar-refractivity contribution in [2.75, 3.05) is 14.6 Å². The van der Waals surface area contributed by atoms with Gasteiger partial charge in [0.25, 0.3) is 0 Å². The highest BCUT2D eigenvalue weighted by atomic mass is 16.3. The SMILES string of the molecule is CC(C)(C)c1ccc(N(c2ccc(C(C)(C)C)cc2)c2cc3c4c(c2)N2c5c(cc(C(C)(C)C)cc5C5(C)CCCCC25C)B4N(c2ccccc2-c2ccccc2)c2ccc4oc5ccccc5c4c2-3)cc1. The molecule has 0 amide bonds. The largest absolute Gasteiger partial charge is 0.456 e. The second-order valence-electron chi connectivity index (χ2n) is 25.3. The zero-order valence-electron chi connectivity index (χ0n) is 44.7. The number of nitrogens with zero attached hydrogens (tertiary/aromatic N) is 3. The molecule has 0 saturated heterocycles. The van der Waals surface area contributed by atoms with Gasteiger partial charge in [0.05, 0.1) is 5.54 Å². The molecular weight excluding hydrogens is 886 g/mol. The number of benzene rings is 8. The van der Waals surface area contributed by atoms with Gasteiger partial charge >= 0.3 is 6.85 Å². The van der Waals surface area contributed by atoms with Crippen LogP contribution in [0.25, 0.3) is 44.2 Å². The molecular formula is C68H68BN3O. The van der Waals surface area contributed by atoms with Gasteiger partial charge in [-0.25, -0.2) is 0 Å². The van der Waals surface area contributed by atoms with Crippen molar-refractivity contribution < 1.29 is 4.42 Å². The Bertz CT molecular complexity index is 3620. The van der Waals surface area contributed by atoms with E-state index in [4.69, 9.17) is 4.42 Å². The lowest BCUT2D eigenvalue weighted by Gasteiger charge is -2.53. The van der Waals surface area contributed by atoms with Crippen molar-refractivity contribution in [2.24, 2.45) is 0 Å². The van der Waals surface area contributed by atoms with Crippen LogP contribution >= 0.6 is 0 Å². The Morgan fingerprint density at radius 2 is 1.14 bits per heavy atom. The fraction of sp³-hybridized carbons (Fsp3) is 0.294. The molecule has 364 valence electrons. The summed E-state index contributed by atoms with van der Waals surface area (Å²) in [4.78, 5) is 8.17. The number of para-hydroxylation sites is 2. The number of fused-ring (bicyclic) bond motifs is 11. The summed E-state index contributed by atoms with van der Waals surface area (Å²) in [6.45, 7) is 26.1. The normalized spacial score (nSPS) is 19.0. The van der Waals surface area contributed by atoms with Crippen LogP contribution in [0.5, 0.6) is 0 Å². The fourth-order valence-electron chi connectivity index (χ4n) is 13.6. The molecule has 9 aromatic rings. The summed E-state index contributed by atoms with van der Waals surface area (Å²) in [7, 11) is 0. The van der Waals surface area contributed by atoms with Gasteiger partial charge in [0, 0.05) is 67.1 Å². The Labute approximate surface area is 433 Å². The predicted molar refractivity (Wildman–Crippen MR) is 312 cm³/mol. The molecule has 0 N–H and O–H groups in total. The van der Waals surface area contributed by atoms with Crippen LogP contribution in [0.15, 0.2) is 168 Å². The van der Waals surface area contributed by atoms with Crippen LogP contribution in [0.2, 0.25) is 0 Å². The van der Waals surface area contributed by atoms with E-state index in [1.165, 1.54) is 91.0 Å². The summed E-state index contributed by atoms with van der Waals surface area (Å²) in [5, 5.41) is 2.30. The molecule has 2 unspecified atom stereocenters. The maximum Gasteiger partial charge on any atom is 0.333 e. The zero-order valence-corrected chi connectivity index (χ0v) is 44.7. The van der Waals surface area contributed by atoms with Crippen LogP contribution < -0.4 is 25.5 Å². The van der Waals surface area contributed by atoms with Gasteiger partial charge < -0.3 is 19.0 Å². The molecule has 0 bridgehead atoms.